The van der Waals surface area contributed by atoms with Gasteiger partial charge >= 0.3 is 0 Å². The van der Waals surface area contributed by atoms with Gasteiger partial charge in [0.25, 0.3) is 0 Å². The fraction of sp³-hybridized carbons (Fsp3) is 0.133. The van der Waals surface area contributed by atoms with Crippen molar-refractivity contribution in [2.45, 2.75) is 13.8 Å². The van der Waals surface area contributed by atoms with E-state index in [1.807, 2.05) is 26.0 Å². The molecule has 0 spiro atoms. The van der Waals surface area contributed by atoms with E-state index in [4.69, 9.17) is 11.0 Å². The van der Waals surface area contributed by atoms with Crippen LogP contribution in [-0.2, 0) is 0 Å². The molecule has 5 heteroatoms. The smallest absolute Gasteiger partial charge is 0.207 e. The SMILES string of the molecule is Cc1ccc(C#N)cc1-n1c(N)nc2c(C)ccnc21. The third-order valence-electron chi connectivity index (χ3n) is 3.35. The van der Waals surface area contributed by atoms with E-state index in [9.17, 15) is 0 Å². The highest BCUT2D eigenvalue weighted by Crippen LogP contribution is 2.26. The molecule has 2 heterocycles. The van der Waals surface area contributed by atoms with Gasteiger partial charge in [-0.1, -0.05) is 6.07 Å². The fourth-order valence-electron chi connectivity index (χ4n) is 2.27. The van der Waals surface area contributed by atoms with Gasteiger partial charge < -0.3 is 5.73 Å². The Bertz CT molecular complexity index is 855. The van der Waals surface area contributed by atoms with Crippen LogP contribution in [0.3, 0.4) is 0 Å². The molecule has 0 bridgehead atoms. The lowest BCUT2D eigenvalue weighted by molar-refractivity contribution is 1.06. The topological polar surface area (TPSA) is 80.5 Å². The maximum Gasteiger partial charge on any atom is 0.207 e. The highest BCUT2D eigenvalue weighted by molar-refractivity contribution is 5.80. The molecule has 0 atom stereocenters. The number of fused-ring (bicyclic) bond motifs is 1. The fourth-order valence-corrected chi connectivity index (χ4v) is 2.27. The summed E-state index contributed by atoms with van der Waals surface area (Å²) in [5, 5.41) is 9.06. The number of benzene rings is 1. The van der Waals surface area contributed by atoms with Crippen molar-refractivity contribution in [3.63, 3.8) is 0 Å². The Hall–Kier alpha value is -2.87. The molecule has 0 aliphatic heterocycles. The van der Waals surface area contributed by atoms with Gasteiger partial charge in [-0.3, -0.25) is 4.57 Å². The van der Waals surface area contributed by atoms with E-state index in [2.05, 4.69) is 16.0 Å². The number of aromatic nitrogens is 3. The molecule has 3 rings (SSSR count). The van der Waals surface area contributed by atoms with E-state index in [0.717, 1.165) is 22.3 Å². The molecular formula is C15H13N5. The van der Waals surface area contributed by atoms with E-state index in [1.165, 1.54) is 0 Å². The van der Waals surface area contributed by atoms with Crippen LogP contribution in [0.1, 0.15) is 16.7 Å². The molecule has 2 N–H and O–H groups in total. The summed E-state index contributed by atoms with van der Waals surface area (Å²) in [4.78, 5) is 8.75. The van der Waals surface area contributed by atoms with Crippen LogP contribution in [0.15, 0.2) is 30.5 Å². The number of aryl methyl sites for hydroxylation is 2. The Balaban J connectivity index is 2.38. The summed E-state index contributed by atoms with van der Waals surface area (Å²) in [6, 6.07) is 9.53. The van der Waals surface area contributed by atoms with Crippen molar-refractivity contribution in [2.24, 2.45) is 0 Å². The van der Waals surface area contributed by atoms with Crippen molar-refractivity contribution in [1.29, 1.82) is 5.26 Å². The van der Waals surface area contributed by atoms with E-state index in [-0.39, 0.29) is 0 Å². The Morgan fingerprint density at radius 2 is 2.00 bits per heavy atom. The van der Waals surface area contributed by atoms with Crippen molar-refractivity contribution >= 4 is 17.1 Å². The van der Waals surface area contributed by atoms with Crippen molar-refractivity contribution in [3.8, 4) is 11.8 Å². The van der Waals surface area contributed by atoms with Gasteiger partial charge in [0, 0.05) is 6.20 Å². The molecule has 0 aliphatic carbocycles. The molecule has 2 aromatic heterocycles. The van der Waals surface area contributed by atoms with Gasteiger partial charge in [-0.2, -0.15) is 5.26 Å². The number of nitrogens with zero attached hydrogens (tertiary/aromatic N) is 4. The van der Waals surface area contributed by atoms with Gasteiger partial charge in [-0.15, -0.1) is 0 Å². The molecule has 0 aliphatic rings. The first-order valence-corrected chi connectivity index (χ1v) is 6.22. The summed E-state index contributed by atoms with van der Waals surface area (Å²) in [7, 11) is 0. The second-order valence-corrected chi connectivity index (χ2v) is 4.72. The number of rotatable bonds is 1. The van der Waals surface area contributed by atoms with Crippen molar-refractivity contribution < 1.29 is 0 Å². The van der Waals surface area contributed by atoms with E-state index in [1.54, 1.807) is 22.9 Å². The second-order valence-electron chi connectivity index (χ2n) is 4.72. The monoisotopic (exact) mass is 263 g/mol. The number of pyridine rings is 1. The lowest BCUT2D eigenvalue weighted by Crippen LogP contribution is -2.03. The predicted molar refractivity (Wildman–Crippen MR) is 77.5 cm³/mol. The zero-order valence-electron chi connectivity index (χ0n) is 11.3. The largest absolute Gasteiger partial charge is 0.369 e. The van der Waals surface area contributed by atoms with Crippen LogP contribution in [0.25, 0.3) is 16.9 Å². The first-order valence-electron chi connectivity index (χ1n) is 6.22. The van der Waals surface area contributed by atoms with E-state index in [0.29, 0.717) is 17.2 Å². The lowest BCUT2D eigenvalue weighted by Gasteiger charge is -2.09. The Morgan fingerprint density at radius 3 is 2.75 bits per heavy atom. The van der Waals surface area contributed by atoms with Gasteiger partial charge in [-0.25, -0.2) is 9.97 Å². The molecule has 20 heavy (non-hydrogen) atoms. The molecule has 3 aromatic rings. The Morgan fingerprint density at radius 1 is 1.20 bits per heavy atom. The highest BCUT2D eigenvalue weighted by Gasteiger charge is 2.14. The number of hydrogen-bond donors (Lipinski definition) is 1. The Labute approximate surface area is 116 Å². The molecule has 1 aromatic carbocycles. The average molecular weight is 263 g/mol. The number of anilines is 1. The number of hydrogen-bond acceptors (Lipinski definition) is 4. The maximum absolute atomic E-state index is 9.06. The summed E-state index contributed by atoms with van der Waals surface area (Å²) >= 11 is 0. The van der Waals surface area contributed by atoms with Crippen LogP contribution in [0.5, 0.6) is 0 Å². The number of imidazole rings is 1. The predicted octanol–water partition coefficient (Wildman–Crippen LogP) is 2.49. The second kappa shape index (κ2) is 4.35. The molecule has 0 saturated carbocycles. The van der Waals surface area contributed by atoms with Crippen LogP contribution in [0, 0.1) is 25.2 Å². The third-order valence-corrected chi connectivity index (χ3v) is 3.35. The molecular weight excluding hydrogens is 250 g/mol. The summed E-state index contributed by atoms with van der Waals surface area (Å²) < 4.78 is 1.79. The third kappa shape index (κ3) is 1.70. The summed E-state index contributed by atoms with van der Waals surface area (Å²) in [5.41, 5.74) is 11.0. The summed E-state index contributed by atoms with van der Waals surface area (Å²) in [5.74, 6) is 0.375. The average Bonchev–Trinajstić information content (AvgIpc) is 2.77. The minimum atomic E-state index is 0.375. The maximum atomic E-state index is 9.06. The number of nitriles is 1. The number of nitrogens with two attached hydrogens (primary N) is 1. The van der Waals surface area contributed by atoms with Crippen molar-refractivity contribution in [3.05, 3.63) is 47.2 Å². The van der Waals surface area contributed by atoms with Crippen LogP contribution in [0.2, 0.25) is 0 Å². The minimum Gasteiger partial charge on any atom is -0.369 e. The molecule has 0 amide bonds. The number of nitrogen functional groups attached to an aromatic ring is 1. The van der Waals surface area contributed by atoms with Gasteiger partial charge in [0.1, 0.15) is 5.52 Å². The molecule has 0 radical (unpaired) electrons. The molecule has 0 fully saturated rings. The van der Waals surface area contributed by atoms with Crippen LogP contribution >= 0.6 is 0 Å². The van der Waals surface area contributed by atoms with Gasteiger partial charge in [0.05, 0.1) is 17.3 Å². The molecule has 98 valence electrons. The molecule has 0 unspecified atom stereocenters. The lowest BCUT2D eigenvalue weighted by atomic mass is 10.1. The van der Waals surface area contributed by atoms with Crippen molar-refractivity contribution in [2.75, 3.05) is 5.73 Å². The summed E-state index contributed by atoms with van der Waals surface area (Å²) in [6.45, 7) is 3.94. The first kappa shape index (κ1) is 12.2. The van der Waals surface area contributed by atoms with E-state index < -0.39 is 0 Å². The van der Waals surface area contributed by atoms with Crippen LogP contribution in [0.4, 0.5) is 5.95 Å². The Kier molecular flexibility index (Phi) is 2.65. The zero-order valence-corrected chi connectivity index (χ0v) is 11.3. The quantitative estimate of drug-likeness (QED) is 0.731. The van der Waals surface area contributed by atoms with Crippen LogP contribution < -0.4 is 5.73 Å². The van der Waals surface area contributed by atoms with Gasteiger partial charge in [0.15, 0.2) is 5.65 Å². The highest BCUT2D eigenvalue weighted by atomic mass is 15.2. The first-order chi connectivity index (χ1) is 9.61. The minimum absolute atomic E-state index is 0.375. The normalized spacial score (nSPS) is 10.7. The molecule has 5 nitrogen and oxygen atoms in total. The van der Waals surface area contributed by atoms with E-state index >= 15 is 0 Å². The standard InChI is InChI=1S/C15H13N5/c1-9-3-4-11(8-16)7-12(9)20-14-13(19-15(20)17)10(2)5-6-18-14/h3-7H,1-2H3,(H2,17,19). The summed E-state index contributed by atoms with van der Waals surface area (Å²) in [6.07, 6.45) is 1.73. The van der Waals surface area contributed by atoms with Gasteiger partial charge in [0.2, 0.25) is 5.95 Å². The van der Waals surface area contributed by atoms with Crippen LogP contribution in [-0.4, -0.2) is 14.5 Å². The van der Waals surface area contributed by atoms with Crippen molar-refractivity contribution in [1.82, 2.24) is 14.5 Å². The molecule has 0 saturated heterocycles. The zero-order chi connectivity index (χ0) is 14.3. The van der Waals surface area contributed by atoms with Gasteiger partial charge in [-0.05, 0) is 43.2 Å².